The molecule has 0 radical (unpaired) electrons. The van der Waals surface area contributed by atoms with Crippen LogP contribution in [-0.2, 0) is 0 Å². The summed E-state index contributed by atoms with van der Waals surface area (Å²) in [6, 6.07) is 18.6. The number of benzene rings is 2. The van der Waals surface area contributed by atoms with Crippen LogP contribution in [0.5, 0.6) is 0 Å². The van der Waals surface area contributed by atoms with Crippen molar-refractivity contribution in [1.82, 2.24) is 0 Å². The molecule has 0 saturated carbocycles. The molecule has 0 atom stereocenters. The molecule has 0 spiro atoms. The van der Waals surface area contributed by atoms with Gasteiger partial charge in [-0.15, -0.1) is 6.58 Å². The van der Waals surface area contributed by atoms with E-state index in [-0.39, 0.29) is 0 Å². The van der Waals surface area contributed by atoms with Gasteiger partial charge in [0.05, 0.1) is 18.4 Å². The summed E-state index contributed by atoms with van der Waals surface area (Å²) in [7, 11) is 0. The molecule has 0 bridgehead atoms. The second kappa shape index (κ2) is 8.79. The van der Waals surface area contributed by atoms with E-state index in [0.717, 1.165) is 24.3 Å². The molecule has 0 unspecified atom stereocenters. The van der Waals surface area contributed by atoms with Crippen LogP contribution in [0.1, 0.15) is 19.4 Å². The van der Waals surface area contributed by atoms with Crippen molar-refractivity contribution in [2.24, 2.45) is 5.10 Å². The van der Waals surface area contributed by atoms with Crippen LogP contribution in [0.3, 0.4) is 0 Å². The van der Waals surface area contributed by atoms with Crippen LogP contribution >= 0.6 is 0 Å². The monoisotopic (exact) mass is 307 g/mol. The zero-order chi connectivity index (χ0) is 16.5. The van der Waals surface area contributed by atoms with E-state index in [1.54, 1.807) is 0 Å². The summed E-state index contributed by atoms with van der Waals surface area (Å²) in [5.41, 5.74) is 3.40. The van der Waals surface area contributed by atoms with Crippen molar-refractivity contribution in [3.8, 4) is 0 Å². The zero-order valence-corrected chi connectivity index (χ0v) is 14.0. The topological polar surface area (TPSA) is 18.8 Å². The molecular weight excluding hydrogens is 282 g/mol. The molecule has 0 aliphatic carbocycles. The molecule has 3 nitrogen and oxygen atoms in total. The molecule has 0 aliphatic heterocycles. The Kier molecular flexibility index (Phi) is 6.42. The minimum atomic E-state index is 0.679. The van der Waals surface area contributed by atoms with Gasteiger partial charge >= 0.3 is 0 Å². The summed E-state index contributed by atoms with van der Waals surface area (Å²) in [5.74, 6) is 0. The van der Waals surface area contributed by atoms with Crippen LogP contribution in [0.25, 0.3) is 0 Å². The second-order valence-electron chi connectivity index (χ2n) is 5.21. The van der Waals surface area contributed by atoms with Gasteiger partial charge in [0.2, 0.25) is 0 Å². The first-order valence-electron chi connectivity index (χ1n) is 8.11. The van der Waals surface area contributed by atoms with E-state index >= 15 is 0 Å². The fourth-order valence-corrected chi connectivity index (χ4v) is 2.44. The lowest BCUT2D eigenvalue weighted by Gasteiger charge is -2.21. The molecule has 0 heterocycles. The predicted octanol–water partition coefficient (Wildman–Crippen LogP) is 4.56. The largest absolute Gasteiger partial charge is 0.372 e. The van der Waals surface area contributed by atoms with Crippen molar-refractivity contribution in [1.29, 1.82) is 0 Å². The van der Waals surface area contributed by atoms with Crippen molar-refractivity contribution < 1.29 is 0 Å². The fourth-order valence-electron chi connectivity index (χ4n) is 2.44. The van der Waals surface area contributed by atoms with E-state index in [4.69, 9.17) is 0 Å². The Morgan fingerprint density at radius 1 is 0.913 bits per heavy atom. The number of rotatable bonds is 8. The lowest BCUT2D eigenvalue weighted by molar-refractivity contribution is 0.866. The Morgan fingerprint density at radius 2 is 1.57 bits per heavy atom. The molecule has 0 amide bonds. The fraction of sp³-hybridized carbons (Fsp3) is 0.250. The average Bonchev–Trinajstić information content (AvgIpc) is 2.61. The van der Waals surface area contributed by atoms with Crippen molar-refractivity contribution in [3.63, 3.8) is 0 Å². The van der Waals surface area contributed by atoms with Crippen LogP contribution in [0.15, 0.2) is 72.4 Å². The Labute approximate surface area is 139 Å². The molecule has 0 N–H and O–H groups in total. The van der Waals surface area contributed by atoms with E-state index in [1.807, 2.05) is 47.6 Å². The van der Waals surface area contributed by atoms with Crippen LogP contribution in [0, 0.1) is 0 Å². The summed E-state index contributed by atoms with van der Waals surface area (Å²) < 4.78 is 0. The summed E-state index contributed by atoms with van der Waals surface area (Å²) >= 11 is 0. The zero-order valence-electron chi connectivity index (χ0n) is 14.0. The van der Waals surface area contributed by atoms with Crippen LogP contribution in [0.2, 0.25) is 0 Å². The van der Waals surface area contributed by atoms with Gasteiger partial charge in [-0.25, -0.2) is 0 Å². The quantitative estimate of drug-likeness (QED) is 0.404. The van der Waals surface area contributed by atoms with Crippen molar-refractivity contribution in [3.05, 3.63) is 72.8 Å². The van der Waals surface area contributed by atoms with Gasteiger partial charge in [0, 0.05) is 18.8 Å². The summed E-state index contributed by atoms with van der Waals surface area (Å²) in [6.45, 7) is 10.9. The lowest BCUT2D eigenvalue weighted by atomic mass is 10.2. The molecule has 120 valence electrons. The third kappa shape index (κ3) is 4.71. The molecule has 3 heteroatoms. The Morgan fingerprint density at radius 3 is 2.13 bits per heavy atom. The number of anilines is 2. The summed E-state index contributed by atoms with van der Waals surface area (Å²) in [6.07, 6.45) is 3.75. The summed E-state index contributed by atoms with van der Waals surface area (Å²) in [5, 5.41) is 6.53. The van der Waals surface area contributed by atoms with Crippen molar-refractivity contribution in [2.75, 3.05) is 29.5 Å². The second-order valence-corrected chi connectivity index (χ2v) is 5.21. The lowest BCUT2D eigenvalue weighted by Crippen LogP contribution is -2.21. The minimum Gasteiger partial charge on any atom is -0.372 e. The highest BCUT2D eigenvalue weighted by atomic mass is 15.4. The Balaban J connectivity index is 2.12. The van der Waals surface area contributed by atoms with E-state index in [0.29, 0.717) is 6.54 Å². The van der Waals surface area contributed by atoms with Crippen molar-refractivity contribution in [2.45, 2.75) is 13.8 Å². The summed E-state index contributed by atoms with van der Waals surface area (Å²) in [4.78, 5) is 2.33. The molecular formula is C20H25N3. The smallest absolute Gasteiger partial charge is 0.0597 e. The molecule has 23 heavy (non-hydrogen) atoms. The van der Waals surface area contributed by atoms with Gasteiger partial charge in [0.15, 0.2) is 0 Å². The van der Waals surface area contributed by atoms with Gasteiger partial charge in [-0.1, -0.05) is 36.4 Å². The highest BCUT2D eigenvalue weighted by molar-refractivity contribution is 5.81. The number of hydrogen-bond donors (Lipinski definition) is 0. The SMILES string of the molecule is C=CCN(/N=C/c1ccc(N(CC)CC)cc1)c1ccccc1. The van der Waals surface area contributed by atoms with E-state index < -0.39 is 0 Å². The Hall–Kier alpha value is -2.55. The molecule has 2 aromatic carbocycles. The normalized spacial score (nSPS) is 10.7. The van der Waals surface area contributed by atoms with Gasteiger partial charge in [0.25, 0.3) is 0 Å². The third-order valence-corrected chi connectivity index (χ3v) is 3.72. The molecule has 2 rings (SSSR count). The van der Waals surface area contributed by atoms with Crippen molar-refractivity contribution >= 4 is 17.6 Å². The predicted molar refractivity (Wildman–Crippen MR) is 102 cm³/mol. The number of hydrogen-bond acceptors (Lipinski definition) is 3. The van der Waals surface area contributed by atoms with E-state index in [9.17, 15) is 0 Å². The molecule has 2 aromatic rings. The van der Waals surface area contributed by atoms with Gasteiger partial charge < -0.3 is 4.90 Å². The van der Waals surface area contributed by atoms with Crippen LogP contribution in [-0.4, -0.2) is 25.8 Å². The molecule has 0 fully saturated rings. The van der Waals surface area contributed by atoms with Gasteiger partial charge in [-0.05, 0) is 43.7 Å². The first-order valence-corrected chi connectivity index (χ1v) is 8.11. The maximum absolute atomic E-state index is 4.59. The highest BCUT2D eigenvalue weighted by Crippen LogP contribution is 2.16. The first kappa shape index (κ1) is 16.8. The third-order valence-electron chi connectivity index (χ3n) is 3.72. The average molecular weight is 307 g/mol. The Bertz CT molecular complexity index is 613. The van der Waals surface area contributed by atoms with Crippen LogP contribution < -0.4 is 9.91 Å². The highest BCUT2D eigenvalue weighted by Gasteiger charge is 2.02. The standard InChI is InChI=1S/C20H25N3/c1-4-16-23(20-10-8-7-9-11-20)21-17-18-12-14-19(15-13-18)22(5-2)6-3/h4,7-15,17H,1,5-6,16H2,2-3H3/b21-17+. The molecule has 0 aliphatic rings. The first-order chi connectivity index (χ1) is 11.3. The van der Waals surface area contributed by atoms with Gasteiger partial charge in [-0.2, -0.15) is 5.10 Å². The number of hydrazone groups is 1. The number of para-hydroxylation sites is 1. The maximum atomic E-state index is 4.59. The molecule has 0 saturated heterocycles. The van der Waals surface area contributed by atoms with Gasteiger partial charge in [-0.3, -0.25) is 5.01 Å². The van der Waals surface area contributed by atoms with E-state index in [2.05, 4.69) is 54.7 Å². The van der Waals surface area contributed by atoms with E-state index in [1.165, 1.54) is 5.69 Å². The number of nitrogens with zero attached hydrogens (tertiary/aromatic N) is 3. The van der Waals surface area contributed by atoms with Crippen LogP contribution in [0.4, 0.5) is 11.4 Å². The van der Waals surface area contributed by atoms with Gasteiger partial charge in [0.1, 0.15) is 0 Å². The minimum absolute atomic E-state index is 0.679. The maximum Gasteiger partial charge on any atom is 0.0597 e. The molecule has 0 aromatic heterocycles.